The Bertz CT molecular complexity index is 1130. The molecule has 0 amide bonds. The Hall–Kier alpha value is -3.40. The van der Waals surface area contributed by atoms with Gasteiger partial charge in [-0.2, -0.15) is 5.26 Å². The van der Waals surface area contributed by atoms with Gasteiger partial charge in [-0.15, -0.1) is 0 Å². The summed E-state index contributed by atoms with van der Waals surface area (Å²) in [6.07, 6.45) is 1.85. The standard InChI is InChI=1S/C26H27N5O/c1-16-22(17-9-4-2-5-10-17)26(30-29-16)31-20-13-8-14-21(32)24(20)23(19(15-27)25(31)28)18-11-6-3-7-12-18/h2-7,9-12,16,22-23,26,29-30H,8,13-14,28H2,1H3. The summed E-state index contributed by atoms with van der Waals surface area (Å²) in [5.74, 6) is 0.223. The van der Waals surface area contributed by atoms with Crippen LogP contribution in [-0.4, -0.2) is 22.9 Å². The lowest BCUT2D eigenvalue weighted by Gasteiger charge is -2.44. The number of rotatable bonds is 3. The molecule has 3 aliphatic rings. The van der Waals surface area contributed by atoms with E-state index in [1.807, 2.05) is 53.4 Å². The van der Waals surface area contributed by atoms with Crippen molar-refractivity contribution in [1.29, 1.82) is 5.26 Å². The van der Waals surface area contributed by atoms with Gasteiger partial charge in [0, 0.05) is 29.7 Å². The zero-order valence-corrected chi connectivity index (χ0v) is 18.1. The van der Waals surface area contributed by atoms with Crippen molar-refractivity contribution in [2.24, 2.45) is 5.73 Å². The first kappa shape index (κ1) is 20.5. The Morgan fingerprint density at radius 1 is 1.00 bits per heavy atom. The lowest BCUT2D eigenvalue weighted by Crippen LogP contribution is -2.51. The summed E-state index contributed by atoms with van der Waals surface area (Å²) in [5, 5.41) is 10.2. The topological polar surface area (TPSA) is 94.2 Å². The van der Waals surface area contributed by atoms with Crippen LogP contribution in [0.3, 0.4) is 0 Å². The number of benzene rings is 2. The minimum Gasteiger partial charge on any atom is -0.384 e. The van der Waals surface area contributed by atoms with E-state index in [-0.39, 0.29) is 23.9 Å². The first-order valence-corrected chi connectivity index (χ1v) is 11.2. The Balaban J connectivity index is 1.68. The number of nitrogens with two attached hydrogens (primary N) is 1. The Morgan fingerprint density at radius 3 is 2.31 bits per heavy atom. The van der Waals surface area contributed by atoms with E-state index < -0.39 is 5.92 Å². The molecule has 1 aliphatic carbocycles. The van der Waals surface area contributed by atoms with Crippen LogP contribution in [0.5, 0.6) is 0 Å². The van der Waals surface area contributed by atoms with E-state index in [1.54, 1.807) is 0 Å². The summed E-state index contributed by atoms with van der Waals surface area (Å²) < 4.78 is 0. The minimum atomic E-state index is -0.415. The number of nitrogens with zero attached hydrogens (tertiary/aromatic N) is 2. The number of nitriles is 1. The summed E-state index contributed by atoms with van der Waals surface area (Å²) in [4.78, 5) is 15.3. The van der Waals surface area contributed by atoms with E-state index in [4.69, 9.17) is 5.73 Å². The summed E-state index contributed by atoms with van der Waals surface area (Å²) in [7, 11) is 0. The highest BCUT2D eigenvalue weighted by atomic mass is 16.1. The molecule has 32 heavy (non-hydrogen) atoms. The molecule has 2 aliphatic heterocycles. The van der Waals surface area contributed by atoms with Gasteiger partial charge in [0.25, 0.3) is 0 Å². The quantitative estimate of drug-likeness (QED) is 0.698. The smallest absolute Gasteiger partial charge is 0.161 e. The van der Waals surface area contributed by atoms with Crippen LogP contribution in [0.25, 0.3) is 0 Å². The molecule has 0 saturated carbocycles. The van der Waals surface area contributed by atoms with Gasteiger partial charge in [0.1, 0.15) is 12.0 Å². The maximum Gasteiger partial charge on any atom is 0.161 e. The molecule has 0 radical (unpaired) electrons. The van der Waals surface area contributed by atoms with Crippen molar-refractivity contribution in [3.8, 4) is 6.07 Å². The van der Waals surface area contributed by atoms with Crippen LogP contribution in [-0.2, 0) is 4.79 Å². The second-order valence-corrected chi connectivity index (χ2v) is 8.72. The van der Waals surface area contributed by atoms with Gasteiger partial charge in [0.15, 0.2) is 5.78 Å². The van der Waals surface area contributed by atoms with Gasteiger partial charge >= 0.3 is 0 Å². The fraction of sp³-hybridized carbons (Fsp3) is 0.308. The monoisotopic (exact) mass is 425 g/mol. The second-order valence-electron chi connectivity index (χ2n) is 8.72. The average Bonchev–Trinajstić information content (AvgIpc) is 3.20. The third-order valence-electron chi connectivity index (χ3n) is 6.89. The molecular formula is C26H27N5O. The van der Waals surface area contributed by atoms with Crippen molar-refractivity contribution >= 4 is 5.78 Å². The molecule has 1 saturated heterocycles. The first-order chi connectivity index (χ1) is 15.6. The Labute approximate surface area is 188 Å². The number of Topliss-reactive ketones (excluding diaryl/α,β-unsaturated/α-hetero) is 1. The van der Waals surface area contributed by atoms with Crippen molar-refractivity contribution in [3.63, 3.8) is 0 Å². The number of hydrogen-bond donors (Lipinski definition) is 3. The van der Waals surface area contributed by atoms with Crippen molar-refractivity contribution < 1.29 is 4.79 Å². The predicted octanol–water partition coefficient (Wildman–Crippen LogP) is 3.39. The SMILES string of the molecule is CC1NNC(N2C(N)=C(C#N)C(c3ccccc3)C3=C2CCCC3=O)C1c1ccccc1. The number of allylic oxidation sites excluding steroid dienone is 3. The zero-order chi connectivity index (χ0) is 22.2. The number of hydrazine groups is 1. The van der Waals surface area contributed by atoms with E-state index in [0.717, 1.165) is 29.7 Å². The molecule has 5 rings (SSSR count). The molecule has 4 unspecified atom stereocenters. The lowest BCUT2D eigenvalue weighted by molar-refractivity contribution is -0.116. The minimum absolute atomic E-state index is 0.0914. The van der Waals surface area contributed by atoms with Gasteiger partial charge in [-0.05, 0) is 30.9 Å². The van der Waals surface area contributed by atoms with E-state index >= 15 is 0 Å². The number of carbonyl (C=O) groups excluding carboxylic acids is 1. The molecule has 0 spiro atoms. The third kappa shape index (κ3) is 3.22. The van der Waals surface area contributed by atoms with Crippen LogP contribution >= 0.6 is 0 Å². The molecule has 2 aromatic carbocycles. The molecule has 6 nitrogen and oxygen atoms in total. The highest BCUT2D eigenvalue weighted by Crippen LogP contribution is 2.47. The number of carbonyl (C=O) groups is 1. The largest absolute Gasteiger partial charge is 0.384 e. The van der Waals surface area contributed by atoms with Gasteiger partial charge < -0.3 is 10.6 Å². The Kier molecular flexibility index (Phi) is 5.30. The van der Waals surface area contributed by atoms with E-state index in [0.29, 0.717) is 17.8 Å². The van der Waals surface area contributed by atoms with E-state index in [1.165, 1.54) is 5.56 Å². The van der Waals surface area contributed by atoms with Crippen molar-refractivity contribution in [1.82, 2.24) is 15.8 Å². The molecule has 4 N–H and O–H groups in total. The van der Waals surface area contributed by atoms with Crippen molar-refractivity contribution in [2.45, 2.75) is 50.2 Å². The number of hydrogen-bond acceptors (Lipinski definition) is 6. The predicted molar refractivity (Wildman–Crippen MR) is 122 cm³/mol. The molecule has 2 aromatic rings. The maximum absolute atomic E-state index is 13.3. The fourth-order valence-corrected chi connectivity index (χ4v) is 5.45. The van der Waals surface area contributed by atoms with Crippen LogP contribution in [0.1, 0.15) is 49.1 Å². The molecule has 0 bridgehead atoms. The summed E-state index contributed by atoms with van der Waals surface area (Å²) in [6, 6.07) is 22.6. The van der Waals surface area contributed by atoms with Crippen molar-refractivity contribution in [2.75, 3.05) is 0 Å². The highest BCUT2D eigenvalue weighted by molar-refractivity contribution is 5.99. The molecular weight excluding hydrogens is 398 g/mol. The van der Waals surface area contributed by atoms with E-state index in [2.05, 4.69) is 36.0 Å². The molecule has 0 aromatic heterocycles. The summed E-state index contributed by atoms with van der Waals surface area (Å²) in [6.45, 7) is 2.13. The van der Waals surface area contributed by atoms with E-state index in [9.17, 15) is 10.1 Å². The van der Waals surface area contributed by atoms with Crippen LogP contribution < -0.4 is 16.6 Å². The Morgan fingerprint density at radius 2 is 1.66 bits per heavy atom. The van der Waals surface area contributed by atoms with Gasteiger partial charge in [-0.3, -0.25) is 10.2 Å². The lowest BCUT2D eigenvalue weighted by atomic mass is 9.75. The molecule has 2 heterocycles. The molecule has 1 fully saturated rings. The third-order valence-corrected chi connectivity index (χ3v) is 6.89. The zero-order valence-electron chi connectivity index (χ0n) is 18.1. The maximum atomic E-state index is 13.3. The highest BCUT2D eigenvalue weighted by Gasteiger charge is 2.46. The molecule has 162 valence electrons. The van der Waals surface area contributed by atoms with Gasteiger partial charge in [0.05, 0.1) is 17.6 Å². The molecule has 4 atom stereocenters. The van der Waals surface area contributed by atoms with Crippen LogP contribution in [0.15, 0.2) is 83.3 Å². The fourth-order valence-electron chi connectivity index (χ4n) is 5.45. The van der Waals surface area contributed by atoms with Gasteiger partial charge in [0.2, 0.25) is 0 Å². The summed E-state index contributed by atoms with van der Waals surface area (Å²) >= 11 is 0. The number of nitrogens with one attached hydrogen (secondary N) is 2. The molecule has 6 heteroatoms. The van der Waals surface area contributed by atoms with Gasteiger partial charge in [-0.1, -0.05) is 60.7 Å². The second kappa shape index (κ2) is 8.27. The average molecular weight is 426 g/mol. The van der Waals surface area contributed by atoms with Crippen LogP contribution in [0, 0.1) is 11.3 Å². The van der Waals surface area contributed by atoms with Crippen LogP contribution in [0.2, 0.25) is 0 Å². The number of ketones is 1. The van der Waals surface area contributed by atoms with Crippen LogP contribution in [0.4, 0.5) is 0 Å². The normalized spacial score (nSPS) is 28.0. The van der Waals surface area contributed by atoms with Gasteiger partial charge in [-0.25, -0.2) is 5.43 Å². The van der Waals surface area contributed by atoms with Crippen molar-refractivity contribution in [3.05, 3.63) is 94.5 Å². The first-order valence-electron chi connectivity index (χ1n) is 11.2. The summed E-state index contributed by atoms with van der Waals surface area (Å²) in [5.41, 5.74) is 17.7.